The molecule has 5 aromatic rings. The molecule has 0 aliphatic rings. The van der Waals surface area contributed by atoms with Crippen LogP contribution < -0.4 is 5.69 Å². The summed E-state index contributed by atoms with van der Waals surface area (Å²) in [5, 5.41) is 14.5. The van der Waals surface area contributed by atoms with Gasteiger partial charge in [-0.1, -0.05) is 91.9 Å². The molecule has 5 rings (SSSR count). The van der Waals surface area contributed by atoms with E-state index in [-0.39, 0.29) is 5.69 Å². The number of aromatic nitrogens is 6. The van der Waals surface area contributed by atoms with Gasteiger partial charge in [-0.15, -0.1) is 10.2 Å². The van der Waals surface area contributed by atoms with Gasteiger partial charge in [-0.2, -0.15) is 5.21 Å². The highest BCUT2D eigenvalue weighted by Gasteiger charge is 2.13. The van der Waals surface area contributed by atoms with Crippen molar-refractivity contribution in [1.29, 1.82) is 0 Å². The highest BCUT2D eigenvalue weighted by atomic mass is 16.1. The first kappa shape index (κ1) is 23.2. The maximum Gasteiger partial charge on any atom is 0.328 e. The van der Waals surface area contributed by atoms with Crippen molar-refractivity contribution in [2.24, 2.45) is 0 Å². The number of allylic oxidation sites excluding steroid dienone is 1. The van der Waals surface area contributed by atoms with E-state index in [0.29, 0.717) is 18.9 Å². The zero-order valence-electron chi connectivity index (χ0n) is 20.2. The van der Waals surface area contributed by atoms with Crippen molar-refractivity contribution in [1.82, 2.24) is 29.8 Å². The minimum absolute atomic E-state index is 0.00760. The molecule has 1 N–H and O–H groups in total. The van der Waals surface area contributed by atoms with Crippen LogP contribution in [-0.2, 0) is 19.5 Å². The van der Waals surface area contributed by atoms with Gasteiger partial charge in [0.05, 0.1) is 12.2 Å². The third kappa shape index (κ3) is 5.10. The first-order valence-electron chi connectivity index (χ1n) is 12.2. The fraction of sp³-hybridized carbons (Fsp3) is 0.172. The Morgan fingerprint density at radius 1 is 0.889 bits per heavy atom. The van der Waals surface area contributed by atoms with Crippen molar-refractivity contribution in [3.8, 4) is 22.5 Å². The Bertz CT molecular complexity index is 1500. The lowest BCUT2D eigenvalue weighted by Crippen LogP contribution is -2.25. The second-order valence-electron chi connectivity index (χ2n) is 8.64. The molecule has 0 amide bonds. The molecule has 2 heterocycles. The van der Waals surface area contributed by atoms with Gasteiger partial charge in [0.2, 0.25) is 5.82 Å². The molecule has 7 nitrogen and oxygen atoms in total. The van der Waals surface area contributed by atoms with E-state index in [1.807, 2.05) is 63.9 Å². The highest BCUT2D eigenvalue weighted by Crippen LogP contribution is 2.29. The van der Waals surface area contributed by atoms with Crippen molar-refractivity contribution < 1.29 is 0 Å². The molecule has 0 saturated heterocycles. The molecule has 0 spiro atoms. The minimum Gasteiger partial charge on any atom is -0.298 e. The van der Waals surface area contributed by atoms with Crippen LogP contribution in [0.25, 0.3) is 28.6 Å². The standard InChI is InChI=1S/C29H28N6O/c1-2-3-11-25-21-34(19-18-22-9-5-4-6-10-22)29(36)35(25)20-23-14-16-24(17-15-23)26-12-7-8-13-27(26)28-30-32-33-31-28/h3-17,21H,2,18-20H2,1H3,(H,30,31,32,33). The summed E-state index contributed by atoms with van der Waals surface area (Å²) in [5.41, 5.74) is 6.20. The molecule has 0 bridgehead atoms. The van der Waals surface area contributed by atoms with Gasteiger partial charge in [-0.05, 0) is 46.4 Å². The summed E-state index contributed by atoms with van der Waals surface area (Å²) in [6, 6.07) is 26.6. The van der Waals surface area contributed by atoms with Gasteiger partial charge in [0.15, 0.2) is 0 Å². The Labute approximate surface area is 209 Å². The van der Waals surface area contributed by atoms with Crippen LogP contribution >= 0.6 is 0 Å². The summed E-state index contributed by atoms with van der Waals surface area (Å²) in [5.74, 6) is 0.561. The van der Waals surface area contributed by atoms with Gasteiger partial charge in [0, 0.05) is 18.3 Å². The van der Waals surface area contributed by atoms with E-state index < -0.39 is 0 Å². The molecule has 0 unspecified atom stereocenters. The highest BCUT2D eigenvalue weighted by molar-refractivity contribution is 5.80. The molecule has 0 radical (unpaired) electrons. The Hall–Kier alpha value is -4.52. The lowest BCUT2D eigenvalue weighted by Gasteiger charge is -2.09. The molecule has 0 fully saturated rings. The maximum atomic E-state index is 13.3. The van der Waals surface area contributed by atoms with Crippen LogP contribution in [0, 0.1) is 0 Å². The molecule has 7 heteroatoms. The molecule has 36 heavy (non-hydrogen) atoms. The monoisotopic (exact) mass is 476 g/mol. The summed E-state index contributed by atoms with van der Waals surface area (Å²) < 4.78 is 3.66. The lowest BCUT2D eigenvalue weighted by molar-refractivity contribution is 0.634. The maximum absolute atomic E-state index is 13.3. The van der Waals surface area contributed by atoms with Gasteiger partial charge >= 0.3 is 5.69 Å². The summed E-state index contributed by atoms with van der Waals surface area (Å²) >= 11 is 0. The largest absolute Gasteiger partial charge is 0.328 e. The van der Waals surface area contributed by atoms with Crippen LogP contribution in [0.1, 0.15) is 30.2 Å². The van der Waals surface area contributed by atoms with E-state index in [0.717, 1.165) is 40.8 Å². The van der Waals surface area contributed by atoms with E-state index >= 15 is 0 Å². The number of nitrogens with one attached hydrogen (secondary N) is 1. The quantitative estimate of drug-likeness (QED) is 0.317. The van der Waals surface area contributed by atoms with Gasteiger partial charge in [0.1, 0.15) is 0 Å². The van der Waals surface area contributed by atoms with Crippen molar-refractivity contribution in [2.75, 3.05) is 0 Å². The summed E-state index contributed by atoms with van der Waals surface area (Å²) in [4.78, 5) is 13.3. The van der Waals surface area contributed by atoms with E-state index in [9.17, 15) is 4.79 Å². The third-order valence-corrected chi connectivity index (χ3v) is 6.20. The summed E-state index contributed by atoms with van der Waals surface area (Å²) in [7, 11) is 0. The van der Waals surface area contributed by atoms with Crippen LogP contribution in [0.15, 0.2) is 95.9 Å². The summed E-state index contributed by atoms with van der Waals surface area (Å²) in [6.07, 6.45) is 7.82. The van der Waals surface area contributed by atoms with E-state index in [4.69, 9.17) is 0 Å². The number of imidazole rings is 1. The predicted octanol–water partition coefficient (Wildman–Crippen LogP) is 5.21. The minimum atomic E-state index is 0.00760. The number of hydrogen-bond donors (Lipinski definition) is 1. The van der Waals surface area contributed by atoms with Gasteiger partial charge in [-0.3, -0.25) is 9.13 Å². The van der Waals surface area contributed by atoms with Gasteiger partial charge < -0.3 is 0 Å². The molecule has 0 aliphatic carbocycles. The molecule has 3 aromatic carbocycles. The normalized spacial score (nSPS) is 11.4. The number of benzene rings is 3. The smallest absolute Gasteiger partial charge is 0.298 e. The van der Waals surface area contributed by atoms with Crippen LogP contribution in [-0.4, -0.2) is 29.8 Å². The van der Waals surface area contributed by atoms with Crippen molar-refractivity contribution in [2.45, 2.75) is 32.9 Å². The first-order valence-corrected chi connectivity index (χ1v) is 12.2. The van der Waals surface area contributed by atoms with E-state index in [1.54, 1.807) is 0 Å². The van der Waals surface area contributed by atoms with E-state index in [2.05, 4.69) is 70.0 Å². The number of aryl methyl sites for hydroxylation is 2. The van der Waals surface area contributed by atoms with E-state index in [1.165, 1.54) is 5.56 Å². The summed E-state index contributed by atoms with van der Waals surface area (Å²) in [6.45, 7) is 3.25. The average Bonchev–Trinajstić information content (AvgIpc) is 3.56. The molecular formula is C29H28N6O. The number of H-pyrrole nitrogens is 1. The second-order valence-corrected chi connectivity index (χ2v) is 8.64. The Morgan fingerprint density at radius 3 is 2.36 bits per heavy atom. The van der Waals surface area contributed by atoms with Gasteiger partial charge in [-0.25, -0.2) is 4.79 Å². The Morgan fingerprint density at radius 2 is 1.64 bits per heavy atom. The zero-order chi connectivity index (χ0) is 24.7. The number of rotatable bonds is 9. The second kappa shape index (κ2) is 10.8. The number of nitrogens with zero attached hydrogens (tertiary/aromatic N) is 5. The third-order valence-electron chi connectivity index (χ3n) is 6.20. The molecule has 0 aliphatic heterocycles. The molecule has 0 saturated carbocycles. The van der Waals surface area contributed by atoms with Crippen LogP contribution in [0.4, 0.5) is 0 Å². The average molecular weight is 477 g/mol. The predicted molar refractivity (Wildman–Crippen MR) is 142 cm³/mol. The van der Waals surface area contributed by atoms with Crippen LogP contribution in [0.3, 0.4) is 0 Å². The molecule has 180 valence electrons. The first-order chi connectivity index (χ1) is 17.7. The lowest BCUT2D eigenvalue weighted by atomic mass is 9.98. The molecule has 0 atom stereocenters. The molecule has 2 aromatic heterocycles. The topological polar surface area (TPSA) is 81.4 Å². The fourth-order valence-corrected chi connectivity index (χ4v) is 4.31. The van der Waals surface area contributed by atoms with Crippen molar-refractivity contribution >= 4 is 6.08 Å². The van der Waals surface area contributed by atoms with Gasteiger partial charge in [0.25, 0.3) is 0 Å². The van der Waals surface area contributed by atoms with Crippen molar-refractivity contribution in [3.63, 3.8) is 0 Å². The fourth-order valence-electron chi connectivity index (χ4n) is 4.31. The SMILES string of the molecule is CCC=Cc1cn(CCc2ccccc2)c(=O)n1Cc1ccc(-c2ccccc2-c2nn[nH]n2)cc1. The van der Waals surface area contributed by atoms with Crippen LogP contribution in [0.2, 0.25) is 0 Å². The number of tetrazole rings is 1. The Balaban J connectivity index is 1.40. The number of aromatic amines is 1. The van der Waals surface area contributed by atoms with Crippen LogP contribution in [0.5, 0.6) is 0 Å². The number of hydrogen-bond acceptors (Lipinski definition) is 4. The Kier molecular flexibility index (Phi) is 6.98. The zero-order valence-corrected chi connectivity index (χ0v) is 20.2. The van der Waals surface area contributed by atoms with Crippen molar-refractivity contribution in [3.05, 3.63) is 118 Å². The molecular weight excluding hydrogens is 448 g/mol.